The van der Waals surface area contributed by atoms with Crippen LogP contribution in [-0.2, 0) is 14.9 Å². The number of methoxy groups -OCH3 is 1. The van der Waals surface area contributed by atoms with Crippen molar-refractivity contribution >= 4 is 29.9 Å². The normalized spacial score (nSPS) is 17.7. The zero-order chi connectivity index (χ0) is 19.0. The number of benzene rings is 1. The van der Waals surface area contributed by atoms with Crippen molar-refractivity contribution in [1.82, 2.24) is 10.2 Å². The molecule has 1 N–H and O–H groups in total. The van der Waals surface area contributed by atoms with Gasteiger partial charge in [0.05, 0.1) is 19.8 Å². The molecule has 1 saturated heterocycles. The van der Waals surface area contributed by atoms with Gasteiger partial charge in [0, 0.05) is 45.1 Å². The first-order valence-electron chi connectivity index (χ1n) is 9.24. The Kier molecular flexibility index (Phi) is 10.5. The van der Waals surface area contributed by atoms with Gasteiger partial charge in [0.25, 0.3) is 0 Å². The van der Waals surface area contributed by atoms with Crippen molar-refractivity contribution in [3.63, 3.8) is 0 Å². The van der Waals surface area contributed by atoms with Gasteiger partial charge >= 0.3 is 0 Å². The zero-order valence-corrected chi connectivity index (χ0v) is 19.2. The second-order valence-corrected chi connectivity index (χ2v) is 7.46. The topological polar surface area (TPSA) is 46.1 Å². The number of guanidine groups is 1. The second kappa shape index (κ2) is 11.8. The molecule has 1 heterocycles. The molecule has 0 bridgehead atoms. The molecule has 1 fully saturated rings. The van der Waals surface area contributed by atoms with Gasteiger partial charge in [0.2, 0.25) is 0 Å². The number of ether oxygens (including phenoxy) is 2. The fraction of sp³-hybridized carbons (Fsp3) is 0.650. The average molecular weight is 493 g/mol. The van der Waals surface area contributed by atoms with Gasteiger partial charge < -0.3 is 19.7 Å². The SMILES string of the molecule is CN=C(NCC(C)(C)c1ccc(F)cc1)N1CCC(COCCOC)C1.I. The molecule has 1 aromatic rings. The van der Waals surface area contributed by atoms with Crippen LogP contribution in [0, 0.1) is 11.7 Å². The molecule has 1 unspecified atom stereocenters. The summed E-state index contributed by atoms with van der Waals surface area (Å²) in [6.07, 6.45) is 1.11. The van der Waals surface area contributed by atoms with Crippen LogP contribution in [0.4, 0.5) is 4.39 Å². The summed E-state index contributed by atoms with van der Waals surface area (Å²) < 4.78 is 23.8. The molecule has 27 heavy (non-hydrogen) atoms. The summed E-state index contributed by atoms with van der Waals surface area (Å²) in [5, 5.41) is 3.48. The third-order valence-corrected chi connectivity index (χ3v) is 4.90. The lowest BCUT2D eigenvalue weighted by Crippen LogP contribution is -2.45. The van der Waals surface area contributed by atoms with Crippen LogP contribution in [-0.4, -0.2) is 64.5 Å². The fourth-order valence-corrected chi connectivity index (χ4v) is 3.19. The van der Waals surface area contributed by atoms with Gasteiger partial charge in [0.1, 0.15) is 5.82 Å². The zero-order valence-electron chi connectivity index (χ0n) is 16.8. The molecule has 1 aliphatic heterocycles. The van der Waals surface area contributed by atoms with Crippen LogP contribution in [0.25, 0.3) is 0 Å². The molecule has 7 heteroatoms. The van der Waals surface area contributed by atoms with Crippen LogP contribution >= 0.6 is 24.0 Å². The standard InChI is InChI=1S/C20H32FN3O2.HI/c1-20(2,17-5-7-18(21)8-6-17)15-23-19(22-3)24-10-9-16(13-24)14-26-12-11-25-4;/h5-8,16H,9-15H2,1-4H3,(H,22,23);1H. The number of hydrogen-bond acceptors (Lipinski definition) is 3. The molecule has 154 valence electrons. The summed E-state index contributed by atoms with van der Waals surface area (Å²) in [7, 11) is 3.50. The monoisotopic (exact) mass is 493 g/mol. The highest BCUT2D eigenvalue weighted by atomic mass is 127. The van der Waals surface area contributed by atoms with Crippen molar-refractivity contribution in [2.24, 2.45) is 10.9 Å². The summed E-state index contributed by atoms with van der Waals surface area (Å²) in [5.74, 6) is 1.24. The van der Waals surface area contributed by atoms with Crippen LogP contribution < -0.4 is 5.32 Å². The van der Waals surface area contributed by atoms with E-state index in [1.54, 1.807) is 7.11 Å². The summed E-state index contributed by atoms with van der Waals surface area (Å²) in [6, 6.07) is 6.73. The maximum absolute atomic E-state index is 13.2. The first-order chi connectivity index (χ1) is 12.5. The van der Waals surface area contributed by atoms with Gasteiger partial charge in [-0.15, -0.1) is 24.0 Å². The predicted octanol–water partition coefficient (Wildman–Crippen LogP) is 3.28. The summed E-state index contributed by atoms with van der Waals surface area (Å²) in [5.41, 5.74) is 0.985. The quantitative estimate of drug-likeness (QED) is 0.262. The minimum absolute atomic E-state index is 0. The second-order valence-electron chi connectivity index (χ2n) is 7.46. The van der Waals surface area contributed by atoms with Gasteiger partial charge in [-0.25, -0.2) is 4.39 Å². The lowest BCUT2D eigenvalue weighted by Gasteiger charge is -2.29. The molecule has 2 rings (SSSR count). The van der Waals surface area contributed by atoms with Crippen LogP contribution in [0.1, 0.15) is 25.8 Å². The number of rotatable bonds is 8. The van der Waals surface area contributed by atoms with Crippen molar-refractivity contribution in [3.8, 4) is 0 Å². The molecule has 1 aromatic carbocycles. The van der Waals surface area contributed by atoms with E-state index in [2.05, 4.69) is 29.1 Å². The maximum atomic E-state index is 13.2. The van der Waals surface area contributed by atoms with Gasteiger partial charge in [-0.2, -0.15) is 0 Å². The van der Waals surface area contributed by atoms with Crippen LogP contribution in [0.2, 0.25) is 0 Å². The Bertz CT molecular complexity index is 581. The number of nitrogens with zero attached hydrogens (tertiary/aromatic N) is 2. The maximum Gasteiger partial charge on any atom is 0.193 e. The fourth-order valence-electron chi connectivity index (χ4n) is 3.19. The van der Waals surface area contributed by atoms with E-state index < -0.39 is 0 Å². The molecule has 1 aliphatic rings. The highest BCUT2D eigenvalue weighted by Gasteiger charge is 2.27. The molecule has 0 aliphatic carbocycles. The van der Waals surface area contributed by atoms with E-state index in [9.17, 15) is 4.39 Å². The lowest BCUT2D eigenvalue weighted by atomic mass is 9.84. The Balaban J connectivity index is 0.00000364. The Hall–Kier alpha value is -0.930. The van der Waals surface area contributed by atoms with E-state index in [0.717, 1.165) is 44.2 Å². The summed E-state index contributed by atoms with van der Waals surface area (Å²) >= 11 is 0. The van der Waals surface area contributed by atoms with E-state index in [0.29, 0.717) is 19.1 Å². The molecule has 0 aromatic heterocycles. The first-order valence-corrected chi connectivity index (χ1v) is 9.24. The van der Waals surface area contributed by atoms with Crippen molar-refractivity contribution < 1.29 is 13.9 Å². The molecule has 0 spiro atoms. The molecule has 0 radical (unpaired) electrons. The first kappa shape index (κ1) is 24.1. The summed E-state index contributed by atoms with van der Waals surface area (Å²) in [6.45, 7) is 9.01. The highest BCUT2D eigenvalue weighted by Crippen LogP contribution is 2.23. The van der Waals surface area contributed by atoms with Crippen LogP contribution in [0.5, 0.6) is 0 Å². The summed E-state index contributed by atoms with van der Waals surface area (Å²) in [4.78, 5) is 6.72. The number of nitrogens with one attached hydrogen (secondary N) is 1. The number of aliphatic imine (C=N–C) groups is 1. The minimum Gasteiger partial charge on any atom is -0.382 e. The van der Waals surface area contributed by atoms with Gasteiger partial charge in [0.15, 0.2) is 5.96 Å². The predicted molar refractivity (Wildman–Crippen MR) is 119 cm³/mol. The Labute approximate surface area is 179 Å². The third kappa shape index (κ3) is 7.54. The van der Waals surface area contributed by atoms with Gasteiger partial charge in [-0.3, -0.25) is 4.99 Å². The molecular formula is C20H33FIN3O2. The van der Waals surface area contributed by atoms with E-state index in [1.807, 2.05) is 19.2 Å². The Morgan fingerprint density at radius 2 is 2.00 bits per heavy atom. The van der Waals surface area contributed by atoms with Gasteiger partial charge in [-0.05, 0) is 24.1 Å². The van der Waals surface area contributed by atoms with Gasteiger partial charge in [-0.1, -0.05) is 26.0 Å². The van der Waals surface area contributed by atoms with E-state index in [-0.39, 0.29) is 35.2 Å². The molecular weight excluding hydrogens is 460 g/mol. The molecule has 1 atom stereocenters. The van der Waals surface area contributed by atoms with Crippen molar-refractivity contribution in [2.45, 2.75) is 25.7 Å². The van der Waals surface area contributed by atoms with Crippen molar-refractivity contribution in [1.29, 1.82) is 0 Å². The molecule has 0 amide bonds. The van der Waals surface area contributed by atoms with Crippen LogP contribution in [0.15, 0.2) is 29.3 Å². The smallest absolute Gasteiger partial charge is 0.193 e. The Morgan fingerprint density at radius 3 is 2.63 bits per heavy atom. The molecule has 0 saturated carbocycles. The van der Waals surface area contributed by atoms with E-state index >= 15 is 0 Å². The van der Waals surface area contributed by atoms with E-state index in [1.165, 1.54) is 12.1 Å². The largest absolute Gasteiger partial charge is 0.382 e. The minimum atomic E-state index is -0.204. The van der Waals surface area contributed by atoms with Crippen molar-refractivity contribution in [3.05, 3.63) is 35.6 Å². The highest BCUT2D eigenvalue weighted by molar-refractivity contribution is 14.0. The number of hydrogen-bond donors (Lipinski definition) is 1. The third-order valence-electron chi connectivity index (χ3n) is 4.90. The molecule has 5 nitrogen and oxygen atoms in total. The van der Waals surface area contributed by atoms with E-state index in [4.69, 9.17) is 9.47 Å². The number of likely N-dealkylation sites (tertiary alicyclic amines) is 1. The van der Waals surface area contributed by atoms with Crippen molar-refractivity contribution in [2.75, 3.05) is 53.6 Å². The van der Waals surface area contributed by atoms with Crippen LogP contribution in [0.3, 0.4) is 0 Å². The Morgan fingerprint density at radius 1 is 1.30 bits per heavy atom. The lowest BCUT2D eigenvalue weighted by molar-refractivity contribution is 0.0536. The average Bonchev–Trinajstić information content (AvgIpc) is 3.08. The number of halogens is 2.